The van der Waals surface area contributed by atoms with Crippen molar-refractivity contribution < 1.29 is 0 Å². The molecule has 0 aliphatic rings. The fourth-order valence-corrected chi connectivity index (χ4v) is 2.43. The molecule has 0 spiro atoms. The van der Waals surface area contributed by atoms with Crippen LogP contribution in [0.5, 0.6) is 0 Å². The molecule has 0 radical (unpaired) electrons. The lowest BCUT2D eigenvalue weighted by Crippen LogP contribution is -2.42. The number of nitrogens with zero attached hydrogens (tertiary/aromatic N) is 3. The van der Waals surface area contributed by atoms with E-state index in [2.05, 4.69) is 24.1 Å². The van der Waals surface area contributed by atoms with Gasteiger partial charge in [-0.1, -0.05) is 13.8 Å². The lowest BCUT2D eigenvalue weighted by Gasteiger charge is -2.24. The summed E-state index contributed by atoms with van der Waals surface area (Å²) >= 11 is 0. The standard InChI is InChI=1S/C15H28N4O2/c1-11(2)7-12(10-17(3)4)16-9-13-8-14(20)19(6)15(21)18(13)5/h8,11-12,16H,7,9-10H2,1-6H3. The van der Waals surface area contributed by atoms with Crippen molar-refractivity contribution in [3.8, 4) is 0 Å². The largest absolute Gasteiger partial charge is 0.330 e. The Hall–Kier alpha value is -1.40. The number of rotatable bonds is 7. The normalized spacial score (nSPS) is 13.1. The molecule has 0 saturated heterocycles. The van der Waals surface area contributed by atoms with E-state index in [0.717, 1.165) is 23.2 Å². The Morgan fingerprint density at radius 1 is 1.19 bits per heavy atom. The van der Waals surface area contributed by atoms with Gasteiger partial charge in [0.25, 0.3) is 5.56 Å². The number of hydrogen-bond donors (Lipinski definition) is 1. The lowest BCUT2D eigenvalue weighted by molar-refractivity contribution is 0.303. The molecule has 1 aromatic heterocycles. The van der Waals surface area contributed by atoms with Crippen molar-refractivity contribution in [3.63, 3.8) is 0 Å². The van der Waals surface area contributed by atoms with Gasteiger partial charge in [-0.25, -0.2) is 4.79 Å². The van der Waals surface area contributed by atoms with E-state index >= 15 is 0 Å². The highest BCUT2D eigenvalue weighted by Gasteiger charge is 2.13. The minimum Gasteiger partial charge on any atom is -0.308 e. The van der Waals surface area contributed by atoms with E-state index in [9.17, 15) is 9.59 Å². The average Bonchev–Trinajstić information content (AvgIpc) is 2.37. The third kappa shape index (κ3) is 5.13. The van der Waals surface area contributed by atoms with Crippen LogP contribution in [0.1, 0.15) is 26.0 Å². The van der Waals surface area contributed by atoms with Gasteiger partial charge in [-0.15, -0.1) is 0 Å². The summed E-state index contributed by atoms with van der Waals surface area (Å²) in [5, 5.41) is 3.46. The maximum absolute atomic E-state index is 11.9. The Balaban J connectivity index is 2.85. The highest BCUT2D eigenvalue weighted by atomic mass is 16.2. The molecule has 0 aliphatic heterocycles. The first-order chi connectivity index (χ1) is 9.72. The molecule has 1 unspecified atom stereocenters. The molecule has 0 aromatic carbocycles. The van der Waals surface area contributed by atoms with Gasteiger partial charge in [0.2, 0.25) is 0 Å². The minimum atomic E-state index is -0.285. The van der Waals surface area contributed by atoms with Gasteiger partial charge in [-0.05, 0) is 26.4 Å². The lowest BCUT2D eigenvalue weighted by atomic mass is 10.0. The third-order valence-electron chi connectivity index (χ3n) is 3.54. The molecule has 1 heterocycles. The van der Waals surface area contributed by atoms with Crippen molar-refractivity contribution in [2.45, 2.75) is 32.9 Å². The summed E-state index contributed by atoms with van der Waals surface area (Å²) in [5.74, 6) is 0.593. The van der Waals surface area contributed by atoms with Crippen LogP contribution in [0.25, 0.3) is 0 Å². The first-order valence-electron chi connectivity index (χ1n) is 7.36. The van der Waals surface area contributed by atoms with Gasteiger partial charge >= 0.3 is 5.69 Å². The molecule has 1 aromatic rings. The fraction of sp³-hybridized carbons (Fsp3) is 0.733. The second kappa shape index (κ2) is 7.56. The van der Waals surface area contributed by atoms with Crippen molar-refractivity contribution >= 4 is 0 Å². The Morgan fingerprint density at radius 2 is 1.81 bits per heavy atom. The third-order valence-corrected chi connectivity index (χ3v) is 3.54. The van der Waals surface area contributed by atoms with Crippen molar-refractivity contribution in [2.75, 3.05) is 20.6 Å². The first kappa shape index (κ1) is 17.7. The van der Waals surface area contributed by atoms with Crippen LogP contribution in [0.2, 0.25) is 0 Å². The van der Waals surface area contributed by atoms with Crippen LogP contribution in [-0.2, 0) is 20.6 Å². The maximum Gasteiger partial charge on any atom is 0.330 e. The topological polar surface area (TPSA) is 59.3 Å². The molecule has 120 valence electrons. The highest BCUT2D eigenvalue weighted by molar-refractivity contribution is 5.02. The van der Waals surface area contributed by atoms with Crippen molar-refractivity contribution in [2.24, 2.45) is 20.0 Å². The second-order valence-corrected chi connectivity index (χ2v) is 6.34. The Morgan fingerprint density at radius 3 is 2.33 bits per heavy atom. The van der Waals surface area contributed by atoms with Crippen LogP contribution in [0, 0.1) is 5.92 Å². The quantitative estimate of drug-likeness (QED) is 0.778. The molecule has 1 N–H and O–H groups in total. The summed E-state index contributed by atoms with van der Waals surface area (Å²) in [4.78, 5) is 25.8. The van der Waals surface area contributed by atoms with Crippen LogP contribution in [0.3, 0.4) is 0 Å². The second-order valence-electron chi connectivity index (χ2n) is 6.34. The van der Waals surface area contributed by atoms with Gasteiger partial charge in [0, 0.05) is 45.0 Å². The van der Waals surface area contributed by atoms with E-state index in [1.165, 1.54) is 17.7 Å². The van der Waals surface area contributed by atoms with Crippen molar-refractivity contribution in [3.05, 3.63) is 32.6 Å². The highest BCUT2D eigenvalue weighted by Crippen LogP contribution is 2.06. The summed E-state index contributed by atoms with van der Waals surface area (Å²) < 4.78 is 2.64. The van der Waals surface area contributed by atoms with Crippen LogP contribution in [0.15, 0.2) is 15.7 Å². The Bertz CT molecular complexity index is 562. The van der Waals surface area contributed by atoms with Crippen LogP contribution in [-0.4, -0.2) is 40.7 Å². The van der Waals surface area contributed by atoms with Crippen LogP contribution >= 0.6 is 0 Å². The number of nitrogens with one attached hydrogen (secondary N) is 1. The molecule has 0 aliphatic carbocycles. The predicted octanol–water partition coefficient (Wildman–Crippen LogP) is 0.150. The monoisotopic (exact) mass is 296 g/mol. The van der Waals surface area contributed by atoms with Gasteiger partial charge in [0.05, 0.1) is 0 Å². The van der Waals surface area contributed by atoms with Gasteiger partial charge in [-0.3, -0.25) is 13.9 Å². The van der Waals surface area contributed by atoms with Gasteiger partial charge in [0.1, 0.15) is 0 Å². The fourth-order valence-electron chi connectivity index (χ4n) is 2.43. The molecule has 0 fully saturated rings. The molecule has 0 bridgehead atoms. The number of hydrogen-bond acceptors (Lipinski definition) is 4. The molecule has 0 saturated carbocycles. The van der Waals surface area contributed by atoms with Crippen molar-refractivity contribution in [1.29, 1.82) is 0 Å². The van der Waals surface area contributed by atoms with Crippen molar-refractivity contribution in [1.82, 2.24) is 19.4 Å². The zero-order chi connectivity index (χ0) is 16.2. The van der Waals surface area contributed by atoms with E-state index in [4.69, 9.17) is 0 Å². The van der Waals surface area contributed by atoms with Gasteiger partial charge in [-0.2, -0.15) is 0 Å². The summed E-state index contributed by atoms with van der Waals surface area (Å²) in [5.41, 5.74) is 0.172. The number of aromatic nitrogens is 2. The molecule has 6 nitrogen and oxygen atoms in total. The summed E-state index contributed by atoms with van der Waals surface area (Å²) in [6.45, 7) is 5.83. The zero-order valence-electron chi connectivity index (χ0n) is 14.0. The van der Waals surface area contributed by atoms with Crippen LogP contribution in [0.4, 0.5) is 0 Å². The SMILES string of the molecule is CC(C)CC(CN(C)C)NCc1cc(=O)n(C)c(=O)n1C. The molecule has 1 atom stereocenters. The minimum absolute atomic E-state index is 0.261. The predicted molar refractivity (Wildman–Crippen MR) is 85.6 cm³/mol. The Labute approximate surface area is 126 Å². The molecule has 21 heavy (non-hydrogen) atoms. The molecular weight excluding hydrogens is 268 g/mol. The van der Waals surface area contributed by atoms with Gasteiger partial charge in [0.15, 0.2) is 0 Å². The summed E-state index contributed by atoms with van der Waals surface area (Å²) in [6, 6.07) is 1.86. The van der Waals surface area contributed by atoms with E-state index in [0.29, 0.717) is 18.5 Å². The Kier molecular flexibility index (Phi) is 6.36. The average molecular weight is 296 g/mol. The van der Waals surface area contributed by atoms with Crippen LogP contribution < -0.4 is 16.6 Å². The number of likely N-dealkylation sites (N-methyl/N-ethyl adjacent to an activating group) is 1. The van der Waals surface area contributed by atoms with E-state index < -0.39 is 0 Å². The van der Waals surface area contributed by atoms with E-state index in [1.54, 1.807) is 7.05 Å². The summed E-state index contributed by atoms with van der Waals surface area (Å²) in [7, 11) is 7.28. The molecule has 0 amide bonds. The molecule has 6 heteroatoms. The molecular formula is C15H28N4O2. The van der Waals surface area contributed by atoms with E-state index in [1.807, 2.05) is 14.1 Å². The first-order valence-corrected chi connectivity index (χ1v) is 7.36. The smallest absolute Gasteiger partial charge is 0.308 e. The van der Waals surface area contributed by atoms with E-state index in [-0.39, 0.29) is 11.2 Å². The van der Waals surface area contributed by atoms with Gasteiger partial charge < -0.3 is 10.2 Å². The maximum atomic E-state index is 11.9. The summed E-state index contributed by atoms with van der Waals surface area (Å²) in [6.07, 6.45) is 1.05. The molecule has 1 rings (SSSR count). The zero-order valence-corrected chi connectivity index (χ0v) is 14.0.